The molecule has 1 aromatic heterocycles. The molecule has 0 saturated carbocycles. The minimum Gasteiger partial charge on any atom is -0.494 e. The van der Waals surface area contributed by atoms with Gasteiger partial charge in [-0.25, -0.2) is 0 Å². The first-order chi connectivity index (χ1) is 12.6. The lowest BCUT2D eigenvalue weighted by Gasteiger charge is -2.16. The van der Waals surface area contributed by atoms with E-state index in [1.165, 1.54) is 4.80 Å². The highest BCUT2D eigenvalue weighted by atomic mass is 16.5. The molecule has 0 fully saturated rings. The summed E-state index contributed by atoms with van der Waals surface area (Å²) in [5.74, 6) is 0.672. The van der Waals surface area contributed by atoms with Crippen LogP contribution in [0.4, 0.5) is 0 Å². The lowest BCUT2D eigenvalue weighted by atomic mass is 10.2. The van der Waals surface area contributed by atoms with Crippen molar-refractivity contribution in [1.29, 1.82) is 0 Å². The van der Waals surface area contributed by atoms with Crippen LogP contribution >= 0.6 is 0 Å². The number of carbonyl (C=O) groups is 1. The molecule has 0 N–H and O–H groups in total. The Hall–Kier alpha value is -3.15. The Labute approximate surface area is 153 Å². The third-order valence-electron chi connectivity index (χ3n) is 3.97. The largest absolute Gasteiger partial charge is 0.494 e. The number of hydrogen-bond donors (Lipinski definition) is 0. The Morgan fingerprint density at radius 2 is 1.77 bits per heavy atom. The van der Waals surface area contributed by atoms with Crippen molar-refractivity contribution >= 4 is 5.91 Å². The number of carbonyl (C=O) groups excluding carboxylic acids is 1. The van der Waals surface area contributed by atoms with Gasteiger partial charge in [0.2, 0.25) is 0 Å². The third kappa shape index (κ3) is 3.91. The molecule has 134 valence electrons. The van der Waals surface area contributed by atoms with E-state index in [1.54, 1.807) is 18.9 Å². The van der Waals surface area contributed by atoms with Crippen LogP contribution in [0.3, 0.4) is 0 Å². The summed E-state index contributed by atoms with van der Waals surface area (Å²) < 4.78 is 5.44. The molecule has 0 aliphatic rings. The molecule has 3 aromatic rings. The monoisotopic (exact) mass is 350 g/mol. The van der Waals surface area contributed by atoms with Gasteiger partial charge in [0.05, 0.1) is 18.0 Å². The number of benzene rings is 2. The second-order valence-corrected chi connectivity index (χ2v) is 6.00. The van der Waals surface area contributed by atoms with Crippen molar-refractivity contribution in [3.8, 4) is 11.4 Å². The average Bonchev–Trinajstić information content (AvgIpc) is 3.05. The molecule has 0 atom stereocenters. The summed E-state index contributed by atoms with van der Waals surface area (Å²) in [6.45, 7) is 4.87. The number of ether oxygens (including phenoxy) is 1. The van der Waals surface area contributed by atoms with Crippen molar-refractivity contribution in [3.05, 3.63) is 71.5 Å². The highest BCUT2D eigenvalue weighted by Gasteiger charge is 2.20. The summed E-state index contributed by atoms with van der Waals surface area (Å²) in [5.41, 5.74) is 2.82. The van der Waals surface area contributed by atoms with Crippen molar-refractivity contribution < 1.29 is 9.53 Å². The summed E-state index contributed by atoms with van der Waals surface area (Å²) in [4.78, 5) is 15.9. The van der Waals surface area contributed by atoms with Crippen molar-refractivity contribution in [2.75, 3.05) is 13.7 Å². The quantitative estimate of drug-likeness (QED) is 0.685. The molecule has 6 heteroatoms. The van der Waals surface area contributed by atoms with Crippen molar-refractivity contribution in [1.82, 2.24) is 19.9 Å². The Bertz CT molecular complexity index is 873. The second kappa shape index (κ2) is 7.82. The number of aryl methyl sites for hydroxylation is 1. The molecule has 0 aliphatic heterocycles. The molecule has 0 radical (unpaired) electrons. The predicted octanol–water partition coefficient (Wildman–Crippen LogP) is 3.25. The Balaban J connectivity index is 1.73. The van der Waals surface area contributed by atoms with E-state index in [4.69, 9.17) is 4.74 Å². The van der Waals surface area contributed by atoms with Crippen LogP contribution in [0.25, 0.3) is 5.69 Å². The normalized spacial score (nSPS) is 10.6. The summed E-state index contributed by atoms with van der Waals surface area (Å²) >= 11 is 0. The van der Waals surface area contributed by atoms with Crippen LogP contribution in [0.1, 0.15) is 28.7 Å². The van der Waals surface area contributed by atoms with Crippen LogP contribution in [0.15, 0.2) is 54.6 Å². The first kappa shape index (κ1) is 17.7. The zero-order chi connectivity index (χ0) is 18.5. The highest BCUT2D eigenvalue weighted by Crippen LogP contribution is 2.15. The number of hydrogen-bond acceptors (Lipinski definition) is 4. The van der Waals surface area contributed by atoms with Gasteiger partial charge in [0.1, 0.15) is 5.75 Å². The maximum atomic E-state index is 12.8. The van der Waals surface area contributed by atoms with Gasteiger partial charge >= 0.3 is 0 Å². The van der Waals surface area contributed by atoms with Gasteiger partial charge in [0, 0.05) is 13.6 Å². The van der Waals surface area contributed by atoms with Crippen molar-refractivity contribution in [3.63, 3.8) is 0 Å². The highest BCUT2D eigenvalue weighted by molar-refractivity contribution is 5.93. The predicted molar refractivity (Wildman–Crippen MR) is 99.5 cm³/mol. The van der Waals surface area contributed by atoms with Crippen molar-refractivity contribution in [2.24, 2.45) is 0 Å². The van der Waals surface area contributed by atoms with Gasteiger partial charge in [-0.2, -0.15) is 9.90 Å². The van der Waals surface area contributed by atoms with Gasteiger partial charge in [-0.1, -0.05) is 30.3 Å². The minimum absolute atomic E-state index is 0.154. The van der Waals surface area contributed by atoms with Crippen molar-refractivity contribution in [2.45, 2.75) is 20.4 Å². The van der Waals surface area contributed by atoms with Crippen LogP contribution in [0, 0.1) is 6.92 Å². The first-order valence-corrected chi connectivity index (χ1v) is 8.55. The van der Waals surface area contributed by atoms with E-state index < -0.39 is 0 Å². The van der Waals surface area contributed by atoms with Crippen LogP contribution in [-0.4, -0.2) is 39.5 Å². The van der Waals surface area contributed by atoms with Gasteiger partial charge in [-0.05, 0) is 43.7 Å². The van der Waals surface area contributed by atoms with Gasteiger partial charge < -0.3 is 9.64 Å². The van der Waals surface area contributed by atoms with Crippen LogP contribution in [0.5, 0.6) is 5.75 Å². The number of aromatic nitrogens is 3. The fourth-order valence-corrected chi connectivity index (χ4v) is 2.64. The molecule has 0 bridgehead atoms. The van der Waals surface area contributed by atoms with Gasteiger partial charge in [0.15, 0.2) is 5.69 Å². The molecule has 0 unspecified atom stereocenters. The van der Waals surface area contributed by atoms with Crippen LogP contribution in [-0.2, 0) is 6.54 Å². The molecular weight excluding hydrogens is 328 g/mol. The number of nitrogens with zero attached hydrogens (tertiary/aromatic N) is 4. The van der Waals surface area contributed by atoms with E-state index in [0.717, 1.165) is 17.0 Å². The van der Waals surface area contributed by atoms with E-state index >= 15 is 0 Å². The van der Waals surface area contributed by atoms with E-state index in [1.807, 2.05) is 61.5 Å². The fraction of sp³-hybridized carbons (Fsp3) is 0.250. The minimum atomic E-state index is -0.154. The molecule has 0 aliphatic carbocycles. The maximum Gasteiger partial charge on any atom is 0.276 e. The number of amides is 1. The SMILES string of the molecule is CCOc1ccc(CN(C)C(=O)c2nn(-c3ccccc3)nc2C)cc1. The zero-order valence-corrected chi connectivity index (χ0v) is 15.2. The molecule has 3 rings (SSSR count). The maximum absolute atomic E-state index is 12.8. The van der Waals surface area contributed by atoms with E-state index in [-0.39, 0.29) is 5.91 Å². The molecular formula is C20H22N4O2. The number of rotatable bonds is 6. The first-order valence-electron chi connectivity index (χ1n) is 8.55. The molecule has 1 heterocycles. The summed E-state index contributed by atoms with van der Waals surface area (Å²) in [7, 11) is 1.76. The molecule has 2 aromatic carbocycles. The molecule has 1 amide bonds. The molecule has 0 saturated heterocycles. The fourth-order valence-electron chi connectivity index (χ4n) is 2.64. The summed E-state index contributed by atoms with van der Waals surface area (Å²) in [6.07, 6.45) is 0. The van der Waals surface area contributed by atoms with Crippen LogP contribution in [0.2, 0.25) is 0 Å². The zero-order valence-electron chi connectivity index (χ0n) is 15.2. The topological polar surface area (TPSA) is 60.2 Å². The van der Waals surface area contributed by atoms with E-state index in [0.29, 0.717) is 24.5 Å². The summed E-state index contributed by atoms with van der Waals surface area (Å²) in [5, 5.41) is 8.74. The lowest BCUT2D eigenvalue weighted by Crippen LogP contribution is -2.27. The standard InChI is InChI=1S/C20H22N4O2/c1-4-26-18-12-10-16(11-13-18)14-23(3)20(25)19-15(2)21-24(22-19)17-8-6-5-7-9-17/h5-13H,4,14H2,1-3H3. The summed E-state index contributed by atoms with van der Waals surface area (Å²) in [6, 6.07) is 17.3. The molecule has 6 nitrogen and oxygen atoms in total. The van der Waals surface area contributed by atoms with Crippen LogP contribution < -0.4 is 4.74 Å². The van der Waals surface area contributed by atoms with E-state index in [2.05, 4.69) is 10.2 Å². The Morgan fingerprint density at radius 1 is 1.08 bits per heavy atom. The number of para-hydroxylation sites is 1. The van der Waals surface area contributed by atoms with Gasteiger partial charge in [0.25, 0.3) is 5.91 Å². The smallest absolute Gasteiger partial charge is 0.276 e. The lowest BCUT2D eigenvalue weighted by molar-refractivity contribution is 0.0778. The Morgan fingerprint density at radius 3 is 2.42 bits per heavy atom. The van der Waals surface area contributed by atoms with Gasteiger partial charge in [-0.15, -0.1) is 5.10 Å². The molecule has 0 spiro atoms. The average molecular weight is 350 g/mol. The molecule has 26 heavy (non-hydrogen) atoms. The third-order valence-corrected chi connectivity index (χ3v) is 3.97. The van der Waals surface area contributed by atoms with E-state index in [9.17, 15) is 4.79 Å². The Kier molecular flexibility index (Phi) is 5.31. The van der Waals surface area contributed by atoms with Gasteiger partial charge in [-0.3, -0.25) is 4.79 Å². The second-order valence-electron chi connectivity index (χ2n) is 6.00.